The molecule has 40 heavy (non-hydrogen) atoms. The van der Waals surface area contributed by atoms with E-state index in [0.717, 1.165) is 5.56 Å². The third kappa shape index (κ3) is 6.46. The summed E-state index contributed by atoms with van der Waals surface area (Å²) in [7, 11) is 0. The van der Waals surface area contributed by atoms with Crippen LogP contribution in [0.1, 0.15) is 31.9 Å². The maximum absolute atomic E-state index is 13.6. The van der Waals surface area contributed by atoms with Crippen LogP contribution in [-0.4, -0.2) is 70.0 Å². The summed E-state index contributed by atoms with van der Waals surface area (Å²) in [5.41, 5.74) is 0.459. The minimum absolute atomic E-state index is 0.120. The number of carbonyl (C=O) groups is 2. The molecule has 1 aliphatic rings. The first-order chi connectivity index (χ1) is 18.8. The van der Waals surface area contributed by atoms with E-state index in [1.54, 1.807) is 56.9 Å². The van der Waals surface area contributed by atoms with Gasteiger partial charge in [0.2, 0.25) is 5.91 Å². The smallest absolute Gasteiger partial charge is 0.412 e. The number of hydrogen-bond donors (Lipinski definition) is 3. The second-order valence-corrected chi connectivity index (χ2v) is 12.8. The third-order valence-corrected chi connectivity index (χ3v) is 8.21. The van der Waals surface area contributed by atoms with Crippen LogP contribution < -0.4 is 15.8 Å². The number of benzene rings is 2. The van der Waals surface area contributed by atoms with Gasteiger partial charge in [-0.1, -0.05) is 0 Å². The summed E-state index contributed by atoms with van der Waals surface area (Å²) < 4.78 is 12.2. The maximum Gasteiger partial charge on any atom is 0.412 e. The number of nitrogens with zero attached hydrogens (tertiary/aromatic N) is 3. The lowest BCUT2D eigenvalue weighted by atomic mass is 10.0. The minimum atomic E-state index is -1.14. The summed E-state index contributed by atoms with van der Waals surface area (Å²) in [6, 6.07) is 5.86. The number of carbonyl (C=O) groups excluding carboxylic acids is 1. The molecule has 1 fully saturated rings. The molecule has 1 aliphatic heterocycles. The van der Waals surface area contributed by atoms with Crippen molar-refractivity contribution in [3.8, 4) is 5.75 Å². The molecule has 13 heteroatoms. The van der Waals surface area contributed by atoms with Crippen LogP contribution in [0.2, 0.25) is 0 Å². The first-order valence-corrected chi connectivity index (χ1v) is 14.7. The molecule has 0 spiro atoms. The van der Waals surface area contributed by atoms with E-state index >= 15 is 0 Å². The molecule has 1 atom stereocenters. The summed E-state index contributed by atoms with van der Waals surface area (Å²) in [4.78, 5) is 46.2. The second kappa shape index (κ2) is 12.1. The van der Waals surface area contributed by atoms with Crippen molar-refractivity contribution in [3.05, 3.63) is 53.0 Å². The Balaban J connectivity index is 1.72. The van der Waals surface area contributed by atoms with Crippen molar-refractivity contribution in [2.45, 2.75) is 45.7 Å². The van der Waals surface area contributed by atoms with Crippen LogP contribution in [0.15, 0.2) is 33.5 Å². The number of hydrogen-bond acceptors (Lipinski definition) is 8. The lowest BCUT2D eigenvalue weighted by Crippen LogP contribution is -2.49. The highest BCUT2D eigenvalue weighted by atomic mass is 127. The summed E-state index contributed by atoms with van der Waals surface area (Å²) >= 11 is 4.08. The number of ether oxygens (including phenoxy) is 1. The molecular weight excluding hydrogens is 746 g/mol. The maximum atomic E-state index is 13.6. The van der Waals surface area contributed by atoms with E-state index in [-0.39, 0.29) is 29.5 Å². The average Bonchev–Trinajstić information content (AvgIpc) is 2.87. The topological polar surface area (TPSA) is 145 Å². The van der Waals surface area contributed by atoms with E-state index in [1.807, 2.05) is 45.2 Å². The molecule has 3 aromatic rings. The van der Waals surface area contributed by atoms with Gasteiger partial charge in [0.1, 0.15) is 11.8 Å². The summed E-state index contributed by atoms with van der Waals surface area (Å²) in [6.45, 7) is 8.68. The van der Waals surface area contributed by atoms with Gasteiger partial charge >= 0.3 is 11.7 Å². The number of morpholine rings is 1. The quantitative estimate of drug-likeness (QED) is 0.307. The predicted octanol–water partition coefficient (Wildman–Crippen LogP) is 4.58. The van der Waals surface area contributed by atoms with Crippen molar-refractivity contribution in [2.75, 3.05) is 36.5 Å². The van der Waals surface area contributed by atoms with Crippen LogP contribution in [0.4, 0.5) is 16.5 Å². The minimum Gasteiger partial charge on any atom is -0.506 e. The van der Waals surface area contributed by atoms with Gasteiger partial charge in [0.05, 0.1) is 36.9 Å². The number of amides is 2. The standard InChI is InChI=1S/C27H30I2N4O7/c1-14-20(33(26(37)38)27(2,3)4)6-5-18-21(14)24(36)40-25(30-18)31-19(23(35)32-7-9-39-10-8-32)13-15-11-16(28)22(34)17(29)12-15/h5-6,11-12,19,34H,7-10,13H2,1-4H3,(H,30,31)(H,37,38)/t19-/m0/s1. The predicted molar refractivity (Wildman–Crippen MR) is 167 cm³/mol. The van der Waals surface area contributed by atoms with E-state index in [4.69, 9.17) is 9.15 Å². The molecule has 3 N–H and O–H groups in total. The Morgan fingerprint density at radius 3 is 2.38 bits per heavy atom. The fourth-order valence-electron chi connectivity index (χ4n) is 4.69. The van der Waals surface area contributed by atoms with Gasteiger partial charge in [0.25, 0.3) is 6.01 Å². The first-order valence-electron chi connectivity index (χ1n) is 12.6. The molecule has 1 saturated heterocycles. The SMILES string of the molecule is Cc1c(N(C(=O)O)C(C)(C)C)ccc2nc(N[C@@H](Cc3cc(I)c(O)c(I)c3)C(=O)N3CCOCC3)oc(=O)c12. The molecule has 2 heterocycles. The molecule has 2 amide bonds. The van der Waals surface area contributed by atoms with Crippen LogP contribution in [-0.2, 0) is 16.0 Å². The second-order valence-electron chi connectivity index (χ2n) is 10.4. The number of carboxylic acid groups (broad SMARTS) is 1. The van der Waals surface area contributed by atoms with Crippen LogP contribution in [0.5, 0.6) is 5.75 Å². The van der Waals surface area contributed by atoms with Crippen LogP contribution in [0, 0.1) is 14.1 Å². The van der Waals surface area contributed by atoms with E-state index in [9.17, 15) is 24.6 Å². The summed E-state index contributed by atoms with van der Waals surface area (Å²) in [5.74, 6) is -0.0152. The van der Waals surface area contributed by atoms with E-state index < -0.39 is 23.3 Å². The van der Waals surface area contributed by atoms with Gasteiger partial charge in [-0.3, -0.25) is 9.69 Å². The number of aryl methyl sites for hydroxylation is 1. The lowest BCUT2D eigenvalue weighted by Gasteiger charge is -2.34. The third-order valence-electron chi connectivity index (χ3n) is 6.57. The molecule has 0 unspecified atom stereocenters. The number of anilines is 2. The van der Waals surface area contributed by atoms with Crippen molar-refractivity contribution in [3.63, 3.8) is 0 Å². The van der Waals surface area contributed by atoms with Crippen LogP contribution >= 0.6 is 45.2 Å². The van der Waals surface area contributed by atoms with Crippen molar-refractivity contribution < 1.29 is 29.0 Å². The monoisotopic (exact) mass is 776 g/mol. The van der Waals surface area contributed by atoms with Gasteiger partial charge in [-0.2, -0.15) is 4.98 Å². The number of aromatic nitrogens is 1. The van der Waals surface area contributed by atoms with E-state index in [2.05, 4.69) is 10.3 Å². The van der Waals surface area contributed by atoms with Gasteiger partial charge in [-0.25, -0.2) is 9.59 Å². The molecule has 0 saturated carbocycles. The molecule has 11 nitrogen and oxygen atoms in total. The zero-order valence-corrected chi connectivity index (χ0v) is 26.8. The van der Waals surface area contributed by atoms with Crippen molar-refractivity contribution in [1.29, 1.82) is 0 Å². The van der Waals surface area contributed by atoms with Gasteiger partial charge in [0, 0.05) is 25.0 Å². The number of phenols is 1. The molecule has 4 rings (SSSR count). The Morgan fingerprint density at radius 2 is 1.80 bits per heavy atom. The average molecular weight is 776 g/mol. The molecule has 0 aliphatic carbocycles. The molecule has 1 aromatic heterocycles. The van der Waals surface area contributed by atoms with Gasteiger partial charge in [-0.05, 0) is 108 Å². The number of rotatable bonds is 6. The first kappa shape index (κ1) is 30.3. The highest BCUT2D eigenvalue weighted by Crippen LogP contribution is 2.32. The largest absolute Gasteiger partial charge is 0.506 e. The molecule has 0 bridgehead atoms. The number of aromatic hydroxyl groups is 1. The Bertz CT molecular complexity index is 1490. The van der Waals surface area contributed by atoms with Crippen molar-refractivity contribution >= 4 is 79.8 Å². The molecule has 0 radical (unpaired) electrons. The zero-order chi connectivity index (χ0) is 29.4. The fourth-order valence-corrected chi connectivity index (χ4v) is 6.59. The van der Waals surface area contributed by atoms with Crippen LogP contribution in [0.25, 0.3) is 10.9 Å². The highest BCUT2D eigenvalue weighted by Gasteiger charge is 2.31. The number of halogens is 2. The molecule has 214 valence electrons. The summed E-state index contributed by atoms with van der Waals surface area (Å²) in [6.07, 6.45) is -0.892. The number of nitrogens with one attached hydrogen (secondary N) is 1. The highest BCUT2D eigenvalue weighted by molar-refractivity contribution is 14.1. The van der Waals surface area contributed by atoms with Gasteiger partial charge < -0.3 is 29.6 Å². The number of fused-ring (bicyclic) bond motifs is 1. The molecule has 2 aromatic carbocycles. The fraction of sp³-hybridized carbons (Fsp3) is 0.407. The van der Waals surface area contributed by atoms with Crippen LogP contribution in [0.3, 0.4) is 0 Å². The molecular formula is C27H30I2N4O7. The van der Waals surface area contributed by atoms with E-state index in [0.29, 0.717) is 50.2 Å². The number of phenolic OH excluding ortho intramolecular Hbond substituents is 1. The summed E-state index contributed by atoms with van der Waals surface area (Å²) in [5, 5.41) is 23.2. The Kier molecular flexibility index (Phi) is 9.14. The van der Waals surface area contributed by atoms with Crippen molar-refractivity contribution in [2.24, 2.45) is 0 Å². The van der Waals surface area contributed by atoms with Crippen molar-refractivity contribution in [1.82, 2.24) is 9.88 Å². The lowest BCUT2D eigenvalue weighted by molar-refractivity contribution is -0.136. The Hall–Kier alpha value is -2.66. The Morgan fingerprint density at radius 1 is 1.18 bits per heavy atom. The van der Waals surface area contributed by atoms with Gasteiger partial charge in [-0.15, -0.1) is 0 Å². The van der Waals surface area contributed by atoms with E-state index in [1.165, 1.54) is 4.90 Å². The van der Waals surface area contributed by atoms with Gasteiger partial charge in [0.15, 0.2) is 0 Å². The Labute approximate surface area is 258 Å². The normalized spacial score (nSPS) is 14.7. The zero-order valence-electron chi connectivity index (χ0n) is 22.5.